The zero-order valence-corrected chi connectivity index (χ0v) is 10.1. The van der Waals surface area contributed by atoms with E-state index < -0.39 is 17.5 Å². The summed E-state index contributed by atoms with van der Waals surface area (Å²) < 4.78 is 9.93. The van der Waals surface area contributed by atoms with Gasteiger partial charge in [-0.05, 0) is 19.4 Å². The van der Waals surface area contributed by atoms with Crippen LogP contribution in [0.4, 0.5) is 0 Å². The maximum Gasteiger partial charge on any atom is 0.352 e. The van der Waals surface area contributed by atoms with Gasteiger partial charge in [-0.25, -0.2) is 9.59 Å². The number of fused-ring (bicyclic) bond motifs is 1. The molecule has 1 aromatic carbocycles. The van der Waals surface area contributed by atoms with Crippen LogP contribution in [0.3, 0.4) is 0 Å². The standard InChI is InChI=1S/C12H12O6/c1-5-7(17-3)4-6(13)8-9(5)12(2,11(15)16)18-10(8)14/h4,13H,1-3H3,(H,15,16)/t12-/m1/s1. The van der Waals surface area contributed by atoms with Crippen molar-refractivity contribution in [2.24, 2.45) is 0 Å². The number of hydrogen-bond donors (Lipinski definition) is 2. The predicted molar refractivity (Wildman–Crippen MR) is 59.8 cm³/mol. The molecule has 0 unspecified atom stereocenters. The molecule has 0 amide bonds. The molecule has 0 radical (unpaired) electrons. The van der Waals surface area contributed by atoms with Gasteiger partial charge in [0.15, 0.2) is 0 Å². The van der Waals surface area contributed by atoms with Gasteiger partial charge >= 0.3 is 11.9 Å². The fourth-order valence-corrected chi connectivity index (χ4v) is 2.20. The quantitative estimate of drug-likeness (QED) is 0.768. The normalized spacial score (nSPS) is 21.4. The lowest BCUT2D eigenvalue weighted by molar-refractivity contribution is -0.157. The second kappa shape index (κ2) is 3.63. The molecule has 1 aliphatic rings. The molecule has 18 heavy (non-hydrogen) atoms. The van der Waals surface area contributed by atoms with Gasteiger partial charge in [0.2, 0.25) is 5.60 Å². The summed E-state index contributed by atoms with van der Waals surface area (Å²) in [7, 11) is 1.39. The monoisotopic (exact) mass is 252 g/mol. The fraction of sp³-hybridized carbons (Fsp3) is 0.333. The third kappa shape index (κ3) is 1.35. The van der Waals surface area contributed by atoms with Crippen LogP contribution in [-0.2, 0) is 15.1 Å². The molecule has 1 aliphatic heterocycles. The van der Waals surface area contributed by atoms with Crippen molar-refractivity contribution < 1.29 is 29.3 Å². The molecule has 96 valence electrons. The van der Waals surface area contributed by atoms with Gasteiger partial charge in [0, 0.05) is 11.6 Å². The third-order valence-corrected chi connectivity index (χ3v) is 3.12. The average molecular weight is 252 g/mol. The Bertz CT molecular complexity index is 562. The topological polar surface area (TPSA) is 93.1 Å². The zero-order valence-electron chi connectivity index (χ0n) is 10.1. The number of carboxylic acids is 1. The highest BCUT2D eigenvalue weighted by molar-refractivity contribution is 6.03. The van der Waals surface area contributed by atoms with E-state index in [2.05, 4.69) is 0 Å². The van der Waals surface area contributed by atoms with Crippen molar-refractivity contribution in [1.82, 2.24) is 0 Å². The van der Waals surface area contributed by atoms with E-state index in [0.29, 0.717) is 11.3 Å². The summed E-state index contributed by atoms with van der Waals surface area (Å²) in [5.41, 5.74) is -1.32. The summed E-state index contributed by atoms with van der Waals surface area (Å²) in [5, 5.41) is 19.0. The fourth-order valence-electron chi connectivity index (χ4n) is 2.20. The number of hydrogen-bond acceptors (Lipinski definition) is 5. The molecular weight excluding hydrogens is 240 g/mol. The van der Waals surface area contributed by atoms with E-state index in [-0.39, 0.29) is 16.9 Å². The van der Waals surface area contributed by atoms with Gasteiger partial charge in [0.25, 0.3) is 0 Å². The second-order valence-corrected chi connectivity index (χ2v) is 4.20. The highest BCUT2D eigenvalue weighted by Gasteiger charge is 2.51. The molecule has 1 heterocycles. The number of carbonyl (C=O) groups excluding carboxylic acids is 1. The first-order chi connectivity index (χ1) is 8.32. The van der Waals surface area contributed by atoms with Crippen molar-refractivity contribution in [3.63, 3.8) is 0 Å². The molecular formula is C12H12O6. The highest BCUT2D eigenvalue weighted by Crippen LogP contribution is 2.45. The molecule has 0 bridgehead atoms. The van der Waals surface area contributed by atoms with Crippen LogP contribution in [0.1, 0.15) is 28.4 Å². The molecule has 0 spiro atoms. The summed E-state index contributed by atoms with van der Waals surface area (Å²) in [5.74, 6) is -2.19. The van der Waals surface area contributed by atoms with Crippen LogP contribution in [0.2, 0.25) is 0 Å². The van der Waals surface area contributed by atoms with E-state index >= 15 is 0 Å². The Balaban J connectivity index is 2.84. The molecule has 0 saturated carbocycles. The smallest absolute Gasteiger partial charge is 0.352 e. The van der Waals surface area contributed by atoms with Gasteiger partial charge in [0.1, 0.15) is 17.1 Å². The highest BCUT2D eigenvalue weighted by atomic mass is 16.6. The van der Waals surface area contributed by atoms with Crippen molar-refractivity contribution in [2.45, 2.75) is 19.4 Å². The number of phenols is 1. The lowest BCUT2D eigenvalue weighted by Crippen LogP contribution is -2.33. The predicted octanol–water partition coefficient (Wildman–Crippen LogP) is 1.18. The van der Waals surface area contributed by atoms with E-state index in [0.717, 1.165) is 0 Å². The molecule has 2 rings (SSSR count). The summed E-state index contributed by atoms with van der Waals surface area (Å²) in [6, 6.07) is 1.27. The number of esters is 1. The van der Waals surface area contributed by atoms with Crippen LogP contribution in [0.5, 0.6) is 11.5 Å². The van der Waals surface area contributed by atoms with E-state index in [9.17, 15) is 19.8 Å². The number of rotatable bonds is 2. The average Bonchev–Trinajstić information content (AvgIpc) is 2.57. The zero-order chi connectivity index (χ0) is 13.7. The first kappa shape index (κ1) is 12.2. The van der Waals surface area contributed by atoms with Crippen molar-refractivity contribution >= 4 is 11.9 Å². The first-order valence-electron chi connectivity index (χ1n) is 5.20. The number of methoxy groups -OCH3 is 1. The molecule has 0 aliphatic carbocycles. The van der Waals surface area contributed by atoms with Crippen LogP contribution >= 0.6 is 0 Å². The Morgan fingerprint density at radius 3 is 2.61 bits per heavy atom. The molecule has 2 N–H and O–H groups in total. The third-order valence-electron chi connectivity index (χ3n) is 3.12. The SMILES string of the molecule is COc1cc(O)c2c(c1C)[C@](C)(C(=O)O)OC2=O. The van der Waals surface area contributed by atoms with E-state index in [4.69, 9.17) is 9.47 Å². The number of carbonyl (C=O) groups is 2. The summed E-state index contributed by atoms with van der Waals surface area (Å²) >= 11 is 0. The van der Waals surface area contributed by atoms with Crippen molar-refractivity contribution in [1.29, 1.82) is 0 Å². The summed E-state index contributed by atoms with van der Waals surface area (Å²) in [6.07, 6.45) is 0. The van der Waals surface area contributed by atoms with Gasteiger partial charge in [-0.2, -0.15) is 0 Å². The minimum Gasteiger partial charge on any atom is -0.507 e. The molecule has 0 aromatic heterocycles. The maximum atomic E-state index is 11.7. The molecule has 0 fully saturated rings. The van der Waals surface area contributed by atoms with Crippen LogP contribution in [0.25, 0.3) is 0 Å². The largest absolute Gasteiger partial charge is 0.507 e. The van der Waals surface area contributed by atoms with E-state index in [1.165, 1.54) is 20.1 Å². The van der Waals surface area contributed by atoms with Gasteiger partial charge in [0.05, 0.1) is 7.11 Å². The molecule has 6 heteroatoms. The second-order valence-electron chi connectivity index (χ2n) is 4.20. The van der Waals surface area contributed by atoms with E-state index in [1.54, 1.807) is 6.92 Å². The number of aromatic hydroxyl groups is 1. The number of carboxylic acid groups (broad SMARTS) is 1. The van der Waals surface area contributed by atoms with Crippen molar-refractivity contribution in [3.05, 3.63) is 22.8 Å². The summed E-state index contributed by atoms with van der Waals surface area (Å²) in [4.78, 5) is 23.0. The van der Waals surface area contributed by atoms with Crippen LogP contribution < -0.4 is 4.74 Å². The Labute approximate surface area is 103 Å². The Morgan fingerprint density at radius 2 is 2.11 bits per heavy atom. The molecule has 1 atom stereocenters. The van der Waals surface area contributed by atoms with Gasteiger partial charge in [-0.3, -0.25) is 0 Å². The Kier molecular flexibility index (Phi) is 2.46. The number of aliphatic carboxylic acids is 1. The minimum absolute atomic E-state index is 0.113. The minimum atomic E-state index is -1.80. The van der Waals surface area contributed by atoms with Crippen LogP contribution in [0, 0.1) is 6.92 Å². The van der Waals surface area contributed by atoms with Crippen LogP contribution in [-0.4, -0.2) is 29.3 Å². The Hall–Kier alpha value is -2.24. The molecule has 6 nitrogen and oxygen atoms in total. The number of phenolic OH excluding ortho intramolecular Hbond substituents is 1. The Morgan fingerprint density at radius 1 is 1.50 bits per heavy atom. The first-order valence-corrected chi connectivity index (χ1v) is 5.20. The van der Waals surface area contributed by atoms with Gasteiger partial charge < -0.3 is 19.7 Å². The number of ether oxygens (including phenoxy) is 2. The van der Waals surface area contributed by atoms with Crippen molar-refractivity contribution in [2.75, 3.05) is 7.11 Å². The number of cyclic esters (lactones) is 1. The maximum absolute atomic E-state index is 11.7. The van der Waals surface area contributed by atoms with E-state index in [1.807, 2.05) is 0 Å². The lowest BCUT2D eigenvalue weighted by Gasteiger charge is -2.21. The van der Waals surface area contributed by atoms with Crippen LogP contribution in [0.15, 0.2) is 6.07 Å². The van der Waals surface area contributed by atoms with Gasteiger partial charge in [-0.15, -0.1) is 0 Å². The van der Waals surface area contributed by atoms with Gasteiger partial charge in [-0.1, -0.05) is 0 Å². The number of benzene rings is 1. The van der Waals surface area contributed by atoms with Crippen molar-refractivity contribution in [3.8, 4) is 11.5 Å². The molecule has 0 saturated heterocycles. The summed E-state index contributed by atoms with van der Waals surface area (Å²) in [6.45, 7) is 2.88. The molecule has 1 aromatic rings. The lowest BCUT2D eigenvalue weighted by atomic mass is 9.89.